The number of hydrogen-bond donors (Lipinski definition) is 1. The number of hydrogen-bond acceptors (Lipinski definition) is 7. The zero-order chi connectivity index (χ0) is 22.0. The lowest BCUT2D eigenvalue weighted by molar-refractivity contribution is 0.354. The van der Waals surface area contributed by atoms with E-state index >= 15 is 0 Å². The second-order valence-corrected chi connectivity index (χ2v) is 7.81. The number of rotatable bonds is 7. The molecule has 1 fully saturated rings. The highest BCUT2D eigenvalue weighted by atomic mass is 35.5. The van der Waals surface area contributed by atoms with Crippen molar-refractivity contribution in [2.24, 2.45) is 0 Å². The Balaban J connectivity index is 1.42. The van der Waals surface area contributed by atoms with E-state index in [2.05, 4.69) is 10.2 Å². The van der Waals surface area contributed by atoms with Gasteiger partial charge in [0.25, 0.3) is 10.9 Å². The molecule has 0 unspecified atom stereocenters. The summed E-state index contributed by atoms with van der Waals surface area (Å²) in [6, 6.07) is 13.3. The maximum absolute atomic E-state index is 12.3. The van der Waals surface area contributed by atoms with E-state index in [4.69, 9.17) is 21.1 Å². The van der Waals surface area contributed by atoms with Crippen molar-refractivity contribution in [1.82, 2.24) is 0 Å². The Hall–Kier alpha value is -3.19. The standard InChI is InChI=1S/C23H24ClN3O4/c1-30-18-8-3-15(13-19(18)31-2)14-25-20-21(23(29)22(20)28)27-11-9-26(10-12-27)17-6-4-16(24)5-7-17/h3-8,13,25H,9-12,14H2,1-2H3. The summed E-state index contributed by atoms with van der Waals surface area (Å²) < 4.78 is 10.6. The van der Waals surface area contributed by atoms with Gasteiger partial charge in [-0.05, 0) is 42.0 Å². The van der Waals surface area contributed by atoms with Crippen LogP contribution in [-0.2, 0) is 6.54 Å². The molecular weight excluding hydrogens is 418 g/mol. The van der Waals surface area contributed by atoms with Gasteiger partial charge in [-0.1, -0.05) is 17.7 Å². The third-order valence-corrected chi connectivity index (χ3v) is 5.84. The molecule has 0 aromatic heterocycles. The van der Waals surface area contributed by atoms with Crippen molar-refractivity contribution in [3.63, 3.8) is 0 Å². The number of piperazine rings is 1. The lowest BCUT2D eigenvalue weighted by Gasteiger charge is -2.38. The smallest absolute Gasteiger partial charge is 0.253 e. The molecule has 1 saturated heterocycles. The van der Waals surface area contributed by atoms with Gasteiger partial charge in [0.2, 0.25) is 0 Å². The van der Waals surface area contributed by atoms with E-state index in [0.717, 1.165) is 24.3 Å². The number of methoxy groups -OCH3 is 2. The second-order valence-electron chi connectivity index (χ2n) is 7.38. The van der Waals surface area contributed by atoms with Crippen LogP contribution in [0.3, 0.4) is 0 Å². The van der Waals surface area contributed by atoms with Gasteiger partial charge in [-0.25, -0.2) is 0 Å². The number of nitrogens with one attached hydrogen (secondary N) is 1. The van der Waals surface area contributed by atoms with Gasteiger partial charge in [0.15, 0.2) is 11.5 Å². The van der Waals surface area contributed by atoms with Crippen LogP contribution in [0.1, 0.15) is 5.56 Å². The molecule has 1 aliphatic heterocycles. The minimum Gasteiger partial charge on any atom is -0.493 e. The monoisotopic (exact) mass is 441 g/mol. The molecule has 0 atom stereocenters. The fourth-order valence-corrected chi connectivity index (χ4v) is 3.99. The Morgan fingerprint density at radius 1 is 0.871 bits per heavy atom. The summed E-state index contributed by atoms with van der Waals surface area (Å²) in [5.74, 6) is 1.25. The van der Waals surface area contributed by atoms with Crippen LogP contribution in [0.2, 0.25) is 5.02 Å². The van der Waals surface area contributed by atoms with Gasteiger partial charge < -0.3 is 24.6 Å². The van der Waals surface area contributed by atoms with Crippen LogP contribution >= 0.6 is 11.6 Å². The number of halogens is 1. The van der Waals surface area contributed by atoms with Crippen molar-refractivity contribution in [3.05, 3.63) is 73.5 Å². The summed E-state index contributed by atoms with van der Waals surface area (Å²) in [6.07, 6.45) is 0. The summed E-state index contributed by atoms with van der Waals surface area (Å²) in [6.45, 7) is 3.26. The summed E-state index contributed by atoms with van der Waals surface area (Å²) >= 11 is 5.97. The Bertz CT molecular complexity index is 1130. The van der Waals surface area contributed by atoms with Crippen LogP contribution in [0.15, 0.2) is 52.1 Å². The van der Waals surface area contributed by atoms with E-state index in [9.17, 15) is 9.59 Å². The first-order valence-corrected chi connectivity index (χ1v) is 10.4. The minimum absolute atomic E-state index is 0.389. The lowest BCUT2D eigenvalue weighted by Crippen LogP contribution is -2.51. The minimum atomic E-state index is -0.462. The van der Waals surface area contributed by atoms with Crippen LogP contribution in [-0.4, -0.2) is 40.4 Å². The molecular formula is C23H24ClN3O4. The van der Waals surface area contributed by atoms with Crippen molar-refractivity contribution in [1.29, 1.82) is 0 Å². The van der Waals surface area contributed by atoms with Gasteiger partial charge in [-0.2, -0.15) is 0 Å². The van der Waals surface area contributed by atoms with Crippen molar-refractivity contribution >= 4 is 28.7 Å². The topological polar surface area (TPSA) is 71.1 Å². The molecule has 0 saturated carbocycles. The van der Waals surface area contributed by atoms with Crippen LogP contribution in [0.4, 0.5) is 17.1 Å². The molecule has 3 aromatic rings. The van der Waals surface area contributed by atoms with Crippen LogP contribution in [0, 0.1) is 0 Å². The molecule has 0 radical (unpaired) electrons. The SMILES string of the molecule is COc1ccc(CNc2c(N3CCN(c4ccc(Cl)cc4)CC3)c(=O)c2=O)cc1OC. The summed E-state index contributed by atoms with van der Waals surface area (Å²) in [4.78, 5) is 28.8. The Kier molecular flexibility index (Phi) is 6.04. The molecule has 31 heavy (non-hydrogen) atoms. The zero-order valence-corrected chi connectivity index (χ0v) is 18.2. The first-order chi connectivity index (χ1) is 15.0. The highest BCUT2D eigenvalue weighted by Crippen LogP contribution is 2.29. The van der Waals surface area contributed by atoms with E-state index in [-0.39, 0.29) is 0 Å². The highest BCUT2D eigenvalue weighted by Gasteiger charge is 2.28. The maximum Gasteiger partial charge on any atom is 0.253 e. The normalized spacial score (nSPS) is 14.0. The molecule has 4 rings (SSSR count). The molecule has 1 aliphatic rings. The number of anilines is 3. The van der Waals surface area contributed by atoms with Gasteiger partial charge in [-0.3, -0.25) is 9.59 Å². The molecule has 7 nitrogen and oxygen atoms in total. The van der Waals surface area contributed by atoms with Gasteiger partial charge >= 0.3 is 0 Å². The average molecular weight is 442 g/mol. The predicted octanol–water partition coefficient (Wildman–Crippen LogP) is 2.89. The molecule has 162 valence electrons. The zero-order valence-electron chi connectivity index (χ0n) is 17.5. The van der Waals surface area contributed by atoms with Crippen molar-refractivity contribution in [2.45, 2.75) is 6.54 Å². The first kappa shape index (κ1) is 21.1. The molecule has 0 bridgehead atoms. The van der Waals surface area contributed by atoms with E-state index in [0.29, 0.717) is 47.5 Å². The molecule has 3 aromatic carbocycles. The largest absolute Gasteiger partial charge is 0.493 e. The molecule has 0 amide bonds. The first-order valence-electron chi connectivity index (χ1n) is 10.1. The highest BCUT2D eigenvalue weighted by molar-refractivity contribution is 6.30. The average Bonchev–Trinajstić information content (AvgIpc) is 2.81. The number of benzene rings is 2. The maximum atomic E-state index is 12.3. The lowest BCUT2D eigenvalue weighted by atomic mass is 10.1. The van der Waals surface area contributed by atoms with Crippen molar-refractivity contribution in [3.8, 4) is 11.5 Å². The summed E-state index contributed by atoms with van der Waals surface area (Å²) in [7, 11) is 3.16. The third-order valence-electron chi connectivity index (χ3n) is 5.59. The predicted molar refractivity (Wildman–Crippen MR) is 124 cm³/mol. The molecule has 1 N–H and O–H groups in total. The fourth-order valence-electron chi connectivity index (χ4n) is 3.87. The van der Waals surface area contributed by atoms with Crippen molar-refractivity contribution in [2.75, 3.05) is 55.5 Å². The van der Waals surface area contributed by atoms with E-state index in [1.807, 2.05) is 47.4 Å². The van der Waals surface area contributed by atoms with Crippen LogP contribution in [0.5, 0.6) is 11.5 Å². The number of ether oxygens (including phenoxy) is 2. The van der Waals surface area contributed by atoms with Gasteiger partial charge in [0.1, 0.15) is 11.4 Å². The van der Waals surface area contributed by atoms with Gasteiger partial charge in [0, 0.05) is 43.4 Å². The Labute approximate surface area is 185 Å². The van der Waals surface area contributed by atoms with Crippen LogP contribution in [0.25, 0.3) is 0 Å². The number of nitrogens with zero attached hydrogens (tertiary/aromatic N) is 2. The van der Waals surface area contributed by atoms with E-state index in [1.54, 1.807) is 14.2 Å². The summed E-state index contributed by atoms with van der Waals surface area (Å²) in [5.41, 5.74) is 2.01. The summed E-state index contributed by atoms with van der Waals surface area (Å²) in [5, 5.41) is 3.85. The fraction of sp³-hybridized carbons (Fsp3) is 0.304. The van der Waals surface area contributed by atoms with E-state index in [1.165, 1.54) is 0 Å². The van der Waals surface area contributed by atoms with E-state index < -0.39 is 10.9 Å². The molecule has 0 spiro atoms. The molecule has 1 heterocycles. The third kappa shape index (κ3) is 4.18. The quantitative estimate of drug-likeness (QED) is 0.565. The van der Waals surface area contributed by atoms with Gasteiger partial charge in [-0.15, -0.1) is 0 Å². The Morgan fingerprint density at radius 2 is 1.52 bits per heavy atom. The second kappa shape index (κ2) is 8.89. The molecule has 0 aliphatic carbocycles. The van der Waals surface area contributed by atoms with Gasteiger partial charge in [0.05, 0.1) is 14.2 Å². The Morgan fingerprint density at radius 3 is 2.16 bits per heavy atom. The van der Waals surface area contributed by atoms with Crippen molar-refractivity contribution < 1.29 is 9.47 Å². The van der Waals surface area contributed by atoms with Crippen LogP contribution < -0.4 is 35.4 Å². The molecule has 8 heteroatoms.